The van der Waals surface area contributed by atoms with Gasteiger partial charge in [0.05, 0.1) is 25.1 Å². The Bertz CT molecular complexity index is 844. The van der Waals surface area contributed by atoms with Gasteiger partial charge in [0.25, 0.3) is 5.69 Å². The van der Waals surface area contributed by atoms with E-state index in [1.807, 2.05) is 0 Å². The van der Waals surface area contributed by atoms with Gasteiger partial charge in [0, 0.05) is 23.1 Å². The number of allylic oxidation sites excluding steroid dienone is 1. The van der Waals surface area contributed by atoms with Crippen LogP contribution in [0.15, 0.2) is 40.0 Å². The van der Waals surface area contributed by atoms with Gasteiger partial charge in [-0.1, -0.05) is 11.8 Å². The maximum absolute atomic E-state index is 12.4. The number of carbonyl (C=O) groups excluding carboxylic acids is 2. The first-order chi connectivity index (χ1) is 12.0. The van der Waals surface area contributed by atoms with E-state index in [0.717, 1.165) is 18.9 Å². The Morgan fingerprint density at radius 2 is 2.12 bits per heavy atom. The average Bonchev–Trinajstić information content (AvgIpc) is 2.61. The SMILES string of the molecule is COC(=O)OC1=CSC(OC)=C2C(=O)Oc3ccc([N+](=O)[O-])cc3C12. The van der Waals surface area contributed by atoms with Crippen LogP contribution in [0.2, 0.25) is 0 Å². The van der Waals surface area contributed by atoms with E-state index < -0.39 is 23.0 Å². The van der Waals surface area contributed by atoms with Gasteiger partial charge in [-0.15, -0.1) is 0 Å². The number of nitro benzene ring substituents is 1. The van der Waals surface area contributed by atoms with Crippen LogP contribution < -0.4 is 4.74 Å². The molecule has 2 heterocycles. The van der Waals surface area contributed by atoms with E-state index in [9.17, 15) is 19.7 Å². The molecule has 1 unspecified atom stereocenters. The largest absolute Gasteiger partial charge is 0.513 e. The molecule has 0 spiro atoms. The summed E-state index contributed by atoms with van der Waals surface area (Å²) in [5.41, 5.74) is 0.223. The Labute approximate surface area is 145 Å². The van der Waals surface area contributed by atoms with E-state index in [1.165, 1.54) is 30.7 Å². The van der Waals surface area contributed by atoms with E-state index in [2.05, 4.69) is 4.74 Å². The topological polar surface area (TPSA) is 114 Å². The van der Waals surface area contributed by atoms with Crippen molar-refractivity contribution in [2.45, 2.75) is 5.92 Å². The summed E-state index contributed by atoms with van der Waals surface area (Å²) in [5.74, 6) is -1.33. The number of nitro groups is 1. The zero-order valence-electron chi connectivity index (χ0n) is 13.0. The maximum atomic E-state index is 12.4. The van der Waals surface area contributed by atoms with Gasteiger partial charge in [0.2, 0.25) is 0 Å². The minimum absolute atomic E-state index is 0.0889. The zero-order valence-corrected chi connectivity index (χ0v) is 13.8. The van der Waals surface area contributed by atoms with Crippen LogP contribution in [0.4, 0.5) is 10.5 Å². The van der Waals surface area contributed by atoms with Crippen molar-refractivity contribution in [1.29, 1.82) is 0 Å². The number of ether oxygens (including phenoxy) is 4. The molecule has 1 aromatic rings. The molecule has 1 aromatic carbocycles. The van der Waals surface area contributed by atoms with Crippen molar-refractivity contribution in [3.05, 3.63) is 55.7 Å². The van der Waals surface area contributed by atoms with Crippen molar-refractivity contribution in [2.75, 3.05) is 14.2 Å². The number of hydrogen-bond donors (Lipinski definition) is 0. The van der Waals surface area contributed by atoms with Crippen molar-refractivity contribution in [3.8, 4) is 5.75 Å². The molecular formula is C15H11NO8S. The molecule has 2 aliphatic rings. The molecular weight excluding hydrogens is 354 g/mol. The summed E-state index contributed by atoms with van der Waals surface area (Å²) in [6.45, 7) is 0. The molecule has 0 fully saturated rings. The van der Waals surface area contributed by atoms with Crippen LogP contribution in [0.25, 0.3) is 0 Å². The third-order valence-corrected chi connectivity index (χ3v) is 4.52. The van der Waals surface area contributed by atoms with Crippen molar-refractivity contribution in [1.82, 2.24) is 0 Å². The first-order valence-corrected chi connectivity index (χ1v) is 7.75. The van der Waals surface area contributed by atoms with Crippen LogP contribution in [0.3, 0.4) is 0 Å². The highest BCUT2D eigenvalue weighted by Gasteiger charge is 2.42. The monoisotopic (exact) mass is 365 g/mol. The Morgan fingerprint density at radius 1 is 1.36 bits per heavy atom. The minimum Gasteiger partial charge on any atom is -0.490 e. The molecule has 0 saturated carbocycles. The lowest BCUT2D eigenvalue weighted by molar-refractivity contribution is -0.385. The number of rotatable bonds is 3. The number of esters is 1. The third kappa shape index (κ3) is 2.91. The molecule has 130 valence electrons. The molecule has 3 rings (SSSR count). The lowest BCUT2D eigenvalue weighted by Crippen LogP contribution is -2.29. The lowest BCUT2D eigenvalue weighted by atomic mass is 9.87. The minimum atomic E-state index is -0.974. The summed E-state index contributed by atoms with van der Waals surface area (Å²) in [6, 6.07) is 3.82. The highest BCUT2D eigenvalue weighted by Crippen LogP contribution is 2.49. The second-order valence-corrected chi connectivity index (χ2v) is 5.74. The molecule has 0 radical (unpaired) electrons. The lowest BCUT2D eigenvalue weighted by Gasteiger charge is -2.31. The van der Waals surface area contributed by atoms with Crippen molar-refractivity contribution in [3.63, 3.8) is 0 Å². The summed E-state index contributed by atoms with van der Waals surface area (Å²) in [5, 5.41) is 12.8. The zero-order chi connectivity index (χ0) is 18.1. The molecule has 0 amide bonds. The highest BCUT2D eigenvalue weighted by atomic mass is 32.2. The Morgan fingerprint density at radius 3 is 2.76 bits per heavy atom. The number of nitrogens with zero attached hydrogens (tertiary/aromatic N) is 1. The van der Waals surface area contributed by atoms with Crippen LogP contribution in [0.5, 0.6) is 5.75 Å². The molecule has 2 aliphatic heterocycles. The van der Waals surface area contributed by atoms with Crippen molar-refractivity contribution >= 4 is 29.6 Å². The van der Waals surface area contributed by atoms with Gasteiger partial charge in [-0.3, -0.25) is 10.1 Å². The van der Waals surface area contributed by atoms with E-state index in [1.54, 1.807) is 0 Å². The van der Waals surface area contributed by atoms with Crippen LogP contribution in [-0.2, 0) is 19.0 Å². The predicted octanol–water partition coefficient (Wildman–Crippen LogP) is 2.83. The third-order valence-electron chi connectivity index (χ3n) is 3.57. The predicted molar refractivity (Wildman–Crippen MR) is 84.7 cm³/mol. The summed E-state index contributed by atoms with van der Waals surface area (Å²) in [6.07, 6.45) is -0.974. The van der Waals surface area contributed by atoms with Crippen molar-refractivity contribution < 1.29 is 33.5 Å². The van der Waals surface area contributed by atoms with Crippen LogP contribution in [0, 0.1) is 10.1 Å². The number of methoxy groups -OCH3 is 2. The van der Waals surface area contributed by atoms with Gasteiger partial charge in [-0.05, 0) is 6.07 Å². The standard InChI is InChI=1S/C15H11NO8S/c1-21-14-12-11(10(6-25-14)24-15(18)22-2)8-5-7(16(19)20)3-4-9(8)23-13(12)17/h3-6,11H,1-2H3. The molecule has 0 N–H and O–H groups in total. The van der Waals surface area contributed by atoms with Gasteiger partial charge in [0.15, 0.2) is 5.09 Å². The number of hydrogen-bond acceptors (Lipinski definition) is 9. The highest BCUT2D eigenvalue weighted by molar-refractivity contribution is 8.05. The average molecular weight is 365 g/mol. The molecule has 1 atom stereocenters. The molecule has 0 saturated heterocycles. The summed E-state index contributed by atoms with van der Waals surface area (Å²) in [7, 11) is 2.52. The fraction of sp³-hybridized carbons (Fsp3) is 0.200. The van der Waals surface area contributed by atoms with E-state index in [-0.39, 0.29) is 27.9 Å². The number of benzene rings is 1. The summed E-state index contributed by atoms with van der Waals surface area (Å²) < 4.78 is 20.0. The number of non-ortho nitro benzene ring substituents is 1. The van der Waals surface area contributed by atoms with Gasteiger partial charge < -0.3 is 18.9 Å². The molecule has 10 heteroatoms. The normalized spacial score (nSPS) is 18.4. The van der Waals surface area contributed by atoms with Crippen LogP contribution in [0.1, 0.15) is 11.5 Å². The summed E-state index contributed by atoms with van der Waals surface area (Å²) >= 11 is 1.03. The van der Waals surface area contributed by atoms with Crippen LogP contribution in [-0.4, -0.2) is 31.3 Å². The first-order valence-electron chi connectivity index (χ1n) is 6.87. The smallest absolute Gasteiger partial charge is 0.490 e. The second kappa shape index (κ2) is 6.48. The summed E-state index contributed by atoms with van der Waals surface area (Å²) in [4.78, 5) is 34.4. The maximum Gasteiger partial charge on any atom is 0.513 e. The Balaban J connectivity index is 2.16. The fourth-order valence-electron chi connectivity index (χ4n) is 2.51. The molecule has 9 nitrogen and oxygen atoms in total. The van der Waals surface area contributed by atoms with E-state index in [0.29, 0.717) is 5.56 Å². The number of fused-ring (bicyclic) bond motifs is 3. The number of thioether (sulfide) groups is 1. The molecule has 0 bridgehead atoms. The van der Waals surface area contributed by atoms with Gasteiger partial charge in [-0.25, -0.2) is 9.59 Å². The number of carbonyl (C=O) groups is 2. The second-order valence-electron chi connectivity index (χ2n) is 4.90. The fourth-order valence-corrected chi connectivity index (χ4v) is 3.35. The van der Waals surface area contributed by atoms with Gasteiger partial charge >= 0.3 is 12.1 Å². The molecule has 25 heavy (non-hydrogen) atoms. The Kier molecular flexibility index (Phi) is 4.36. The molecule has 0 aromatic heterocycles. The quantitative estimate of drug-likeness (QED) is 0.345. The van der Waals surface area contributed by atoms with Gasteiger partial charge in [0.1, 0.15) is 17.1 Å². The van der Waals surface area contributed by atoms with Gasteiger partial charge in [-0.2, -0.15) is 0 Å². The van der Waals surface area contributed by atoms with Crippen molar-refractivity contribution in [2.24, 2.45) is 0 Å². The molecule has 0 aliphatic carbocycles. The Hall–Kier alpha value is -3.01. The van der Waals surface area contributed by atoms with E-state index >= 15 is 0 Å². The first kappa shape index (κ1) is 16.8. The van der Waals surface area contributed by atoms with E-state index in [4.69, 9.17) is 14.2 Å². The van der Waals surface area contributed by atoms with Crippen LogP contribution >= 0.6 is 11.8 Å².